The Labute approximate surface area is 196 Å². The van der Waals surface area contributed by atoms with Crippen LogP contribution in [0.3, 0.4) is 0 Å². The molecule has 0 fully saturated rings. The Bertz CT molecular complexity index is 1080. The van der Waals surface area contributed by atoms with Gasteiger partial charge >= 0.3 is 5.97 Å². The largest absolute Gasteiger partial charge is 0.493 e. The number of ether oxygens (including phenoxy) is 2. The van der Waals surface area contributed by atoms with Crippen LogP contribution in [0, 0.1) is 0 Å². The number of rotatable bonds is 10. The molecule has 180 valence electrons. The maximum absolute atomic E-state index is 12.9. The Hall–Kier alpha value is -4.34. The van der Waals surface area contributed by atoms with Crippen LogP contribution in [0.5, 0.6) is 11.5 Å². The van der Waals surface area contributed by atoms with Crippen LogP contribution in [-0.4, -0.2) is 43.0 Å². The Morgan fingerprint density at radius 2 is 1.68 bits per heavy atom. The molecule has 0 aliphatic heterocycles. The smallest absolute Gasteiger partial charge is 0.328 e. The summed E-state index contributed by atoms with van der Waals surface area (Å²) in [6, 6.07) is 12.0. The summed E-state index contributed by atoms with van der Waals surface area (Å²) < 4.78 is 10.6. The molecule has 1 unspecified atom stereocenters. The topological polar surface area (TPSA) is 143 Å². The van der Waals surface area contributed by atoms with Crippen molar-refractivity contribution in [2.24, 2.45) is 0 Å². The van der Waals surface area contributed by atoms with Gasteiger partial charge in [-0.3, -0.25) is 25.2 Å². The Balaban J connectivity index is 1.99. The van der Waals surface area contributed by atoms with Crippen LogP contribution in [0.15, 0.2) is 54.6 Å². The van der Waals surface area contributed by atoms with E-state index >= 15 is 0 Å². The number of nitrogens with one attached hydrogen (secondary N) is 3. The minimum atomic E-state index is -1.28. The van der Waals surface area contributed by atoms with E-state index < -0.39 is 17.8 Å². The van der Waals surface area contributed by atoms with Crippen molar-refractivity contribution in [2.45, 2.75) is 25.8 Å². The summed E-state index contributed by atoms with van der Waals surface area (Å²) >= 11 is 0. The van der Waals surface area contributed by atoms with Gasteiger partial charge in [-0.25, -0.2) is 4.79 Å². The first-order valence-electron chi connectivity index (χ1n) is 10.4. The van der Waals surface area contributed by atoms with Gasteiger partial charge in [0.25, 0.3) is 11.8 Å². The highest BCUT2D eigenvalue weighted by Gasteiger charge is 2.17. The number of aryl methyl sites for hydroxylation is 1. The first-order chi connectivity index (χ1) is 16.2. The number of methoxy groups -OCH3 is 2. The zero-order valence-electron chi connectivity index (χ0n) is 19.1. The molecule has 34 heavy (non-hydrogen) atoms. The molecule has 0 spiro atoms. The number of hydrogen-bond donors (Lipinski definition) is 4. The van der Waals surface area contributed by atoms with Crippen molar-refractivity contribution in [1.29, 1.82) is 0 Å². The van der Waals surface area contributed by atoms with E-state index in [2.05, 4.69) is 16.2 Å². The SMILES string of the molecule is COc1ccc(C(C)NC(=O)c2ccccc2CCC(=O)NNC(=O)/C=C/C(=O)O)cc1OC. The van der Waals surface area contributed by atoms with Crippen LogP contribution in [0.4, 0.5) is 0 Å². The highest BCUT2D eigenvalue weighted by Crippen LogP contribution is 2.30. The van der Waals surface area contributed by atoms with Gasteiger partial charge in [0.15, 0.2) is 11.5 Å². The number of carboxylic acids is 1. The van der Waals surface area contributed by atoms with Gasteiger partial charge in [0.1, 0.15) is 0 Å². The Morgan fingerprint density at radius 3 is 2.35 bits per heavy atom. The average Bonchev–Trinajstić information content (AvgIpc) is 2.84. The normalized spacial score (nSPS) is 11.4. The summed E-state index contributed by atoms with van der Waals surface area (Å²) in [5.41, 5.74) is 6.19. The number of amides is 3. The van der Waals surface area contributed by atoms with E-state index in [0.717, 1.165) is 11.6 Å². The van der Waals surface area contributed by atoms with E-state index in [1.807, 2.05) is 13.0 Å². The van der Waals surface area contributed by atoms with Crippen LogP contribution in [-0.2, 0) is 20.8 Å². The number of hydrazine groups is 1. The van der Waals surface area contributed by atoms with E-state index in [0.29, 0.717) is 28.7 Å². The van der Waals surface area contributed by atoms with Gasteiger partial charge in [0.2, 0.25) is 5.91 Å². The van der Waals surface area contributed by atoms with E-state index in [9.17, 15) is 19.2 Å². The maximum Gasteiger partial charge on any atom is 0.328 e. The zero-order chi connectivity index (χ0) is 25.1. The third kappa shape index (κ3) is 7.66. The first kappa shape index (κ1) is 25.9. The van der Waals surface area contributed by atoms with Gasteiger partial charge < -0.3 is 19.9 Å². The summed E-state index contributed by atoms with van der Waals surface area (Å²) in [5.74, 6) is -1.71. The zero-order valence-corrected chi connectivity index (χ0v) is 19.1. The second-order valence-corrected chi connectivity index (χ2v) is 7.18. The highest BCUT2D eigenvalue weighted by atomic mass is 16.5. The van der Waals surface area contributed by atoms with Crippen molar-refractivity contribution < 1.29 is 33.8 Å². The number of benzene rings is 2. The summed E-state index contributed by atoms with van der Waals surface area (Å²) in [6.45, 7) is 1.84. The molecule has 0 aliphatic carbocycles. The standard InChI is InChI=1S/C24H27N3O7/c1-15(17-8-10-19(33-2)20(14-17)34-3)25-24(32)18-7-5-4-6-16(18)9-11-21(28)26-27-22(29)12-13-23(30)31/h4-8,10,12-15H,9,11H2,1-3H3,(H,25,32)(H,26,28)(H,27,29)(H,30,31)/b13-12+. The number of carboxylic acid groups (broad SMARTS) is 1. The van der Waals surface area contributed by atoms with Crippen molar-refractivity contribution in [1.82, 2.24) is 16.2 Å². The molecule has 2 aromatic rings. The van der Waals surface area contributed by atoms with E-state index in [-0.39, 0.29) is 24.8 Å². The molecule has 0 radical (unpaired) electrons. The van der Waals surface area contributed by atoms with Gasteiger partial charge in [-0.15, -0.1) is 0 Å². The summed E-state index contributed by atoms with van der Waals surface area (Å²) in [6.07, 6.45) is 1.68. The number of hydrogen-bond acceptors (Lipinski definition) is 6. The molecule has 0 aliphatic rings. The number of carbonyl (C=O) groups is 4. The van der Waals surface area contributed by atoms with Crippen LogP contribution < -0.4 is 25.6 Å². The lowest BCUT2D eigenvalue weighted by Crippen LogP contribution is -2.41. The van der Waals surface area contributed by atoms with E-state index in [1.54, 1.807) is 43.5 Å². The molecular weight excluding hydrogens is 442 g/mol. The molecule has 0 saturated heterocycles. The monoisotopic (exact) mass is 469 g/mol. The fraction of sp³-hybridized carbons (Fsp3) is 0.250. The second kappa shape index (κ2) is 12.6. The Morgan fingerprint density at radius 1 is 0.971 bits per heavy atom. The Kier molecular flexibility index (Phi) is 9.63. The molecule has 0 aromatic heterocycles. The van der Waals surface area contributed by atoms with E-state index in [4.69, 9.17) is 14.6 Å². The van der Waals surface area contributed by atoms with Gasteiger partial charge in [-0.05, 0) is 42.7 Å². The fourth-order valence-electron chi connectivity index (χ4n) is 3.07. The molecule has 10 heteroatoms. The van der Waals surface area contributed by atoms with Crippen molar-refractivity contribution >= 4 is 23.7 Å². The molecule has 1 atom stereocenters. The molecule has 2 aromatic carbocycles. The van der Waals surface area contributed by atoms with Gasteiger partial charge in [0, 0.05) is 24.1 Å². The highest BCUT2D eigenvalue weighted by molar-refractivity contribution is 5.96. The lowest BCUT2D eigenvalue weighted by atomic mass is 10.0. The summed E-state index contributed by atoms with van der Waals surface area (Å²) in [5, 5.41) is 11.4. The van der Waals surface area contributed by atoms with Crippen molar-refractivity contribution in [2.75, 3.05) is 14.2 Å². The molecule has 10 nitrogen and oxygen atoms in total. The van der Waals surface area contributed by atoms with Crippen LogP contribution in [0.25, 0.3) is 0 Å². The molecular formula is C24H27N3O7. The average molecular weight is 469 g/mol. The summed E-state index contributed by atoms with van der Waals surface area (Å²) in [4.78, 5) is 46.8. The second-order valence-electron chi connectivity index (χ2n) is 7.18. The molecule has 2 rings (SSSR count). The molecule has 0 bridgehead atoms. The van der Waals surface area contributed by atoms with Crippen molar-refractivity contribution in [3.05, 3.63) is 71.3 Å². The summed E-state index contributed by atoms with van der Waals surface area (Å²) in [7, 11) is 3.08. The third-order valence-corrected chi connectivity index (χ3v) is 4.84. The number of aliphatic carboxylic acids is 1. The molecule has 0 heterocycles. The van der Waals surface area contributed by atoms with Crippen molar-refractivity contribution in [3.8, 4) is 11.5 Å². The van der Waals surface area contributed by atoms with Gasteiger partial charge in [-0.1, -0.05) is 24.3 Å². The van der Waals surface area contributed by atoms with Crippen LogP contribution in [0.1, 0.15) is 40.9 Å². The van der Waals surface area contributed by atoms with Gasteiger partial charge in [-0.2, -0.15) is 0 Å². The quantitative estimate of drug-likeness (QED) is 0.307. The predicted molar refractivity (Wildman–Crippen MR) is 123 cm³/mol. The number of carbonyl (C=O) groups excluding carboxylic acids is 3. The van der Waals surface area contributed by atoms with Gasteiger partial charge in [0.05, 0.1) is 20.3 Å². The third-order valence-electron chi connectivity index (χ3n) is 4.84. The lowest BCUT2D eigenvalue weighted by Gasteiger charge is -2.18. The van der Waals surface area contributed by atoms with Crippen molar-refractivity contribution in [3.63, 3.8) is 0 Å². The first-order valence-corrected chi connectivity index (χ1v) is 10.4. The van der Waals surface area contributed by atoms with E-state index in [1.165, 1.54) is 7.11 Å². The fourth-order valence-corrected chi connectivity index (χ4v) is 3.07. The molecule has 0 saturated carbocycles. The lowest BCUT2D eigenvalue weighted by molar-refractivity contribution is -0.131. The predicted octanol–water partition coefficient (Wildman–Crippen LogP) is 1.92. The minimum absolute atomic E-state index is 0.00154. The molecule has 4 N–H and O–H groups in total. The maximum atomic E-state index is 12.9. The van der Waals surface area contributed by atoms with Crippen LogP contribution in [0.2, 0.25) is 0 Å². The minimum Gasteiger partial charge on any atom is -0.493 e. The molecule has 3 amide bonds. The van der Waals surface area contributed by atoms with Crippen LogP contribution >= 0.6 is 0 Å².